The molecular weight excluding hydrogens is 265 g/mol. The molecule has 0 aliphatic heterocycles. The number of carbonyl (C=O) groups excluding carboxylic acids is 2. The van der Waals surface area contributed by atoms with Crippen LogP contribution in [0.3, 0.4) is 0 Å². The predicted octanol–water partition coefficient (Wildman–Crippen LogP) is 2.03. The Hall–Kier alpha value is -2.63. The monoisotopic (exact) mass is 277 g/mol. The number of halogens is 1. The maximum Gasteiger partial charge on any atom is 0.330 e. The number of carbonyl (C=O) groups is 2. The van der Waals surface area contributed by atoms with Crippen LogP contribution in [0.5, 0.6) is 0 Å². The number of methoxy groups -OCH3 is 1. The van der Waals surface area contributed by atoms with Crippen LogP contribution in [0.15, 0.2) is 41.0 Å². The highest BCUT2D eigenvalue weighted by Gasteiger charge is 2.13. The van der Waals surface area contributed by atoms with Crippen LogP contribution in [-0.2, 0) is 9.53 Å². The summed E-state index contributed by atoms with van der Waals surface area (Å²) < 4.78 is 23.2. The molecule has 104 valence electrons. The molecule has 1 N–H and O–H groups in total. The predicted molar refractivity (Wildman–Crippen MR) is 69.7 cm³/mol. The van der Waals surface area contributed by atoms with E-state index in [0.29, 0.717) is 11.0 Å². The molecule has 2 rings (SSSR count). The largest absolute Gasteiger partial charge is 0.466 e. The van der Waals surface area contributed by atoms with Crippen LogP contribution in [0.1, 0.15) is 10.4 Å². The number of hydrogen-bond acceptors (Lipinski definition) is 4. The van der Waals surface area contributed by atoms with E-state index in [4.69, 9.17) is 4.42 Å². The molecule has 5 nitrogen and oxygen atoms in total. The van der Waals surface area contributed by atoms with Crippen molar-refractivity contribution in [2.75, 3.05) is 13.7 Å². The molecule has 0 radical (unpaired) electrons. The minimum absolute atomic E-state index is 0.0784. The van der Waals surface area contributed by atoms with Crippen molar-refractivity contribution in [1.29, 1.82) is 0 Å². The van der Waals surface area contributed by atoms with Gasteiger partial charge in [-0.2, -0.15) is 0 Å². The third kappa shape index (κ3) is 3.03. The Labute approximate surface area is 114 Å². The second kappa shape index (κ2) is 6.01. The fourth-order valence-electron chi connectivity index (χ4n) is 1.63. The van der Waals surface area contributed by atoms with E-state index in [0.717, 1.165) is 6.07 Å². The topological polar surface area (TPSA) is 68.5 Å². The van der Waals surface area contributed by atoms with Crippen LogP contribution < -0.4 is 5.32 Å². The quantitative estimate of drug-likeness (QED) is 0.686. The molecule has 0 aliphatic carbocycles. The molecule has 20 heavy (non-hydrogen) atoms. The van der Waals surface area contributed by atoms with Crippen LogP contribution in [0.4, 0.5) is 4.39 Å². The van der Waals surface area contributed by atoms with Gasteiger partial charge in [0.05, 0.1) is 18.9 Å². The van der Waals surface area contributed by atoms with Crippen molar-refractivity contribution < 1.29 is 23.1 Å². The first-order valence-corrected chi connectivity index (χ1v) is 5.81. The van der Waals surface area contributed by atoms with E-state index in [1.54, 1.807) is 6.07 Å². The number of nitrogens with one attached hydrogen (secondary N) is 1. The molecule has 0 saturated heterocycles. The van der Waals surface area contributed by atoms with E-state index in [2.05, 4.69) is 10.1 Å². The summed E-state index contributed by atoms with van der Waals surface area (Å²) in [5.74, 6) is -1.76. The molecule has 1 amide bonds. The number of hydrogen-bond donors (Lipinski definition) is 1. The van der Waals surface area contributed by atoms with Crippen molar-refractivity contribution in [2.24, 2.45) is 0 Å². The first-order valence-electron chi connectivity index (χ1n) is 5.81. The van der Waals surface area contributed by atoms with Gasteiger partial charge in [-0.15, -0.1) is 0 Å². The maximum atomic E-state index is 13.7. The lowest BCUT2D eigenvalue weighted by Crippen LogP contribution is -2.24. The molecule has 1 aromatic heterocycles. The summed E-state index contributed by atoms with van der Waals surface area (Å²) >= 11 is 0. The van der Waals surface area contributed by atoms with Gasteiger partial charge in [-0.1, -0.05) is 6.08 Å². The van der Waals surface area contributed by atoms with Crippen LogP contribution in [0, 0.1) is 5.82 Å². The van der Waals surface area contributed by atoms with Crippen molar-refractivity contribution in [3.8, 4) is 0 Å². The van der Waals surface area contributed by atoms with E-state index in [-0.39, 0.29) is 12.1 Å². The second-order valence-electron chi connectivity index (χ2n) is 3.93. The summed E-state index contributed by atoms with van der Waals surface area (Å²) in [5, 5.41) is 3.11. The summed E-state index contributed by atoms with van der Waals surface area (Å²) in [6, 6.07) is 4.21. The van der Waals surface area contributed by atoms with E-state index in [9.17, 15) is 14.0 Å². The van der Waals surface area contributed by atoms with Gasteiger partial charge in [0, 0.05) is 24.1 Å². The zero-order valence-electron chi connectivity index (χ0n) is 10.7. The Kier molecular flexibility index (Phi) is 4.14. The average molecular weight is 277 g/mol. The van der Waals surface area contributed by atoms with Crippen LogP contribution in [-0.4, -0.2) is 25.5 Å². The highest BCUT2D eigenvalue weighted by molar-refractivity contribution is 5.98. The number of amides is 1. The third-order valence-corrected chi connectivity index (χ3v) is 2.62. The Morgan fingerprint density at radius 3 is 3.00 bits per heavy atom. The minimum atomic E-state index is -0.665. The second-order valence-corrected chi connectivity index (χ2v) is 3.93. The van der Waals surface area contributed by atoms with E-state index in [1.807, 2.05) is 0 Å². The molecule has 0 unspecified atom stereocenters. The van der Waals surface area contributed by atoms with Gasteiger partial charge in [0.15, 0.2) is 0 Å². The lowest BCUT2D eigenvalue weighted by atomic mass is 10.1. The number of rotatable bonds is 4. The molecule has 0 spiro atoms. The van der Waals surface area contributed by atoms with Gasteiger partial charge < -0.3 is 14.5 Å². The normalized spacial score (nSPS) is 10.9. The molecule has 0 bridgehead atoms. The first kappa shape index (κ1) is 13.8. The summed E-state index contributed by atoms with van der Waals surface area (Å²) in [7, 11) is 1.25. The summed E-state index contributed by atoms with van der Waals surface area (Å²) in [5.41, 5.74) is 0.301. The lowest BCUT2D eigenvalue weighted by Gasteiger charge is -2.03. The number of ether oxygens (including phenoxy) is 1. The van der Waals surface area contributed by atoms with Gasteiger partial charge in [0.1, 0.15) is 11.4 Å². The van der Waals surface area contributed by atoms with E-state index in [1.165, 1.54) is 31.6 Å². The Balaban J connectivity index is 2.05. The highest BCUT2D eigenvalue weighted by atomic mass is 19.1. The Bertz CT molecular complexity index is 675. The first-order chi connectivity index (χ1) is 9.61. The Morgan fingerprint density at radius 1 is 1.45 bits per heavy atom. The van der Waals surface area contributed by atoms with Gasteiger partial charge in [0.2, 0.25) is 0 Å². The Morgan fingerprint density at radius 2 is 2.25 bits per heavy atom. The van der Waals surface area contributed by atoms with Crippen molar-refractivity contribution in [3.05, 3.63) is 48.0 Å². The molecule has 0 fully saturated rings. The average Bonchev–Trinajstić information content (AvgIpc) is 2.89. The van der Waals surface area contributed by atoms with Gasteiger partial charge in [-0.25, -0.2) is 9.18 Å². The number of furan rings is 1. The van der Waals surface area contributed by atoms with Gasteiger partial charge in [0.25, 0.3) is 5.91 Å². The molecule has 0 atom stereocenters. The number of benzene rings is 1. The van der Waals surface area contributed by atoms with Crippen LogP contribution >= 0.6 is 0 Å². The highest BCUT2D eigenvalue weighted by Crippen LogP contribution is 2.20. The number of fused-ring (bicyclic) bond motifs is 1. The molecule has 0 aliphatic rings. The van der Waals surface area contributed by atoms with Gasteiger partial charge >= 0.3 is 5.97 Å². The zero-order valence-corrected chi connectivity index (χ0v) is 10.7. The summed E-state index contributed by atoms with van der Waals surface area (Å²) in [6.45, 7) is 0.0940. The third-order valence-electron chi connectivity index (χ3n) is 2.62. The molecule has 6 heteroatoms. The van der Waals surface area contributed by atoms with Crippen LogP contribution in [0.25, 0.3) is 11.0 Å². The van der Waals surface area contributed by atoms with Crippen molar-refractivity contribution >= 4 is 22.8 Å². The molecule has 2 aromatic rings. The van der Waals surface area contributed by atoms with E-state index >= 15 is 0 Å². The molecule has 1 heterocycles. The van der Waals surface area contributed by atoms with Crippen LogP contribution in [0.2, 0.25) is 0 Å². The standard InChI is InChI=1S/C14H12FNO4/c1-19-13(17)3-2-5-16-14(18)10-7-9-4-6-20-12(9)8-11(10)15/h2-4,6-8H,5H2,1H3,(H,16,18)/b3-2+. The minimum Gasteiger partial charge on any atom is -0.466 e. The van der Waals surface area contributed by atoms with E-state index < -0.39 is 17.7 Å². The molecule has 1 aromatic carbocycles. The van der Waals surface area contributed by atoms with Crippen molar-refractivity contribution in [1.82, 2.24) is 5.32 Å². The SMILES string of the molecule is COC(=O)/C=C/CNC(=O)c1cc2ccoc2cc1F. The van der Waals surface area contributed by atoms with Crippen molar-refractivity contribution in [2.45, 2.75) is 0 Å². The van der Waals surface area contributed by atoms with Gasteiger partial charge in [-0.05, 0) is 12.1 Å². The summed E-state index contributed by atoms with van der Waals surface area (Å²) in [6.07, 6.45) is 4.01. The number of esters is 1. The maximum absolute atomic E-state index is 13.7. The van der Waals surface area contributed by atoms with Gasteiger partial charge in [-0.3, -0.25) is 4.79 Å². The lowest BCUT2D eigenvalue weighted by molar-refractivity contribution is -0.134. The summed E-state index contributed by atoms with van der Waals surface area (Å²) in [4.78, 5) is 22.6. The molecule has 0 saturated carbocycles. The fraction of sp³-hybridized carbons (Fsp3) is 0.143. The van der Waals surface area contributed by atoms with Crippen molar-refractivity contribution in [3.63, 3.8) is 0 Å². The fourth-order valence-corrected chi connectivity index (χ4v) is 1.63. The smallest absolute Gasteiger partial charge is 0.330 e. The zero-order chi connectivity index (χ0) is 14.5. The molecular formula is C14H12FNO4.